The maximum atomic E-state index is 12.2. The average Bonchev–Trinajstić information content (AvgIpc) is 3.12. The number of anilines is 1. The maximum absolute atomic E-state index is 12.2. The second-order valence-corrected chi connectivity index (χ2v) is 7.86. The number of nitriles is 1. The van der Waals surface area contributed by atoms with Crippen molar-refractivity contribution in [3.05, 3.63) is 51.7 Å². The minimum absolute atomic E-state index is 0.0141. The lowest BCUT2D eigenvalue weighted by Crippen LogP contribution is -2.35. The summed E-state index contributed by atoms with van der Waals surface area (Å²) >= 11 is 1.19. The minimum atomic E-state index is -0.576. The van der Waals surface area contributed by atoms with E-state index in [0.29, 0.717) is 16.3 Å². The number of aromatic nitrogens is 1. The number of carbonyl (C=O) groups excluding carboxylic acids is 2. The van der Waals surface area contributed by atoms with Gasteiger partial charge in [-0.05, 0) is 74.4 Å². The first-order chi connectivity index (χ1) is 13.4. The minimum Gasteiger partial charge on any atom is -0.308 e. The molecular weight excluding hydrogens is 372 g/mol. The number of pyridine rings is 1. The molecule has 0 bridgehead atoms. The molecule has 0 aliphatic heterocycles. The number of carbonyl (C=O) groups is 2. The summed E-state index contributed by atoms with van der Waals surface area (Å²) in [7, 11) is 0. The number of urea groups is 1. The van der Waals surface area contributed by atoms with Gasteiger partial charge in [-0.25, -0.2) is 9.78 Å². The number of amides is 3. The third-order valence-electron chi connectivity index (χ3n) is 4.94. The number of fused-ring (bicyclic) bond motifs is 1. The van der Waals surface area contributed by atoms with E-state index in [9.17, 15) is 14.9 Å². The number of nitrogens with zero attached hydrogens (tertiary/aromatic N) is 2. The first-order valence-electron chi connectivity index (χ1n) is 9.12. The van der Waals surface area contributed by atoms with Crippen molar-refractivity contribution in [2.45, 2.75) is 45.1 Å². The Morgan fingerprint density at radius 3 is 2.71 bits per heavy atom. The molecule has 0 radical (unpaired) electrons. The number of hydrogen-bond donors (Lipinski definition) is 2. The maximum Gasteiger partial charge on any atom is 0.325 e. The van der Waals surface area contributed by atoms with Crippen LogP contribution in [0.4, 0.5) is 10.5 Å². The molecule has 7 heteroatoms. The second kappa shape index (κ2) is 8.44. The molecule has 28 heavy (non-hydrogen) atoms. The Bertz CT molecular complexity index is 995. The van der Waals surface area contributed by atoms with Gasteiger partial charge < -0.3 is 5.32 Å². The van der Waals surface area contributed by atoms with Crippen LogP contribution in [-0.4, -0.2) is 22.7 Å². The molecule has 6 nitrogen and oxygen atoms in total. The van der Waals surface area contributed by atoms with Gasteiger partial charge in [0.15, 0.2) is 0 Å². The van der Waals surface area contributed by atoms with Gasteiger partial charge >= 0.3 is 6.03 Å². The number of thioether (sulfide) groups is 1. The Morgan fingerprint density at radius 2 is 2.00 bits per heavy atom. The zero-order valence-corrected chi connectivity index (χ0v) is 17.0. The summed E-state index contributed by atoms with van der Waals surface area (Å²) in [5, 5.41) is 15.0. The van der Waals surface area contributed by atoms with Crippen LogP contribution in [0.1, 0.15) is 39.9 Å². The van der Waals surface area contributed by atoms with Gasteiger partial charge in [0.1, 0.15) is 11.1 Å². The molecule has 0 saturated carbocycles. The average molecular weight is 395 g/mol. The lowest BCUT2D eigenvalue weighted by molar-refractivity contribution is -0.117. The van der Waals surface area contributed by atoms with Crippen LogP contribution in [0.2, 0.25) is 0 Å². The molecule has 144 valence electrons. The van der Waals surface area contributed by atoms with E-state index >= 15 is 0 Å². The monoisotopic (exact) mass is 394 g/mol. The van der Waals surface area contributed by atoms with Gasteiger partial charge in [-0.15, -0.1) is 0 Å². The van der Waals surface area contributed by atoms with E-state index in [4.69, 9.17) is 0 Å². The van der Waals surface area contributed by atoms with Crippen LogP contribution >= 0.6 is 11.8 Å². The highest BCUT2D eigenvalue weighted by molar-refractivity contribution is 8.00. The van der Waals surface area contributed by atoms with Gasteiger partial charge in [0.25, 0.3) is 0 Å². The van der Waals surface area contributed by atoms with E-state index in [0.717, 1.165) is 47.2 Å². The molecule has 1 aliphatic carbocycles. The highest BCUT2D eigenvalue weighted by Crippen LogP contribution is 2.31. The van der Waals surface area contributed by atoms with E-state index < -0.39 is 11.9 Å². The fraction of sp³-hybridized carbons (Fsp3) is 0.333. The van der Waals surface area contributed by atoms with E-state index in [1.165, 1.54) is 11.8 Å². The molecule has 0 spiro atoms. The van der Waals surface area contributed by atoms with Gasteiger partial charge in [0.05, 0.1) is 11.3 Å². The van der Waals surface area contributed by atoms with Crippen LogP contribution in [-0.2, 0) is 17.6 Å². The smallest absolute Gasteiger partial charge is 0.308 e. The quantitative estimate of drug-likeness (QED) is 0.769. The summed E-state index contributed by atoms with van der Waals surface area (Å²) in [6.07, 6.45) is 2.90. The third kappa shape index (κ3) is 4.34. The number of hydrogen-bond acceptors (Lipinski definition) is 5. The Balaban J connectivity index is 1.60. The topological polar surface area (TPSA) is 94.9 Å². The zero-order chi connectivity index (χ0) is 20.3. The summed E-state index contributed by atoms with van der Waals surface area (Å²) in [6, 6.07) is 7.18. The molecule has 2 aromatic rings. The molecule has 1 aromatic heterocycles. The van der Waals surface area contributed by atoms with Crippen molar-refractivity contribution >= 4 is 29.4 Å². The van der Waals surface area contributed by atoms with Gasteiger partial charge in [-0.3, -0.25) is 10.1 Å². The van der Waals surface area contributed by atoms with Crippen LogP contribution in [0, 0.1) is 32.1 Å². The SMILES string of the molecule is Cc1ccc(NC(=O)NC(=O)CSc2nc3c(c(C)c2C#N)CCC3)cc1C. The normalized spacial score (nSPS) is 12.2. The van der Waals surface area contributed by atoms with Crippen LogP contribution < -0.4 is 10.6 Å². The predicted octanol–water partition coefficient (Wildman–Crippen LogP) is 3.81. The van der Waals surface area contributed by atoms with Crippen molar-refractivity contribution in [3.63, 3.8) is 0 Å². The first kappa shape index (κ1) is 19.9. The van der Waals surface area contributed by atoms with E-state index in [1.54, 1.807) is 6.07 Å². The molecule has 3 amide bonds. The molecule has 0 fully saturated rings. The number of imide groups is 1. The van der Waals surface area contributed by atoms with Crippen LogP contribution in [0.25, 0.3) is 0 Å². The molecule has 0 atom stereocenters. The van der Waals surface area contributed by atoms with E-state index in [-0.39, 0.29) is 5.75 Å². The second-order valence-electron chi connectivity index (χ2n) is 6.90. The van der Waals surface area contributed by atoms with Crippen molar-refractivity contribution in [3.8, 4) is 6.07 Å². The van der Waals surface area contributed by atoms with Crippen LogP contribution in [0.5, 0.6) is 0 Å². The van der Waals surface area contributed by atoms with E-state index in [1.807, 2.05) is 32.9 Å². The summed E-state index contributed by atoms with van der Waals surface area (Å²) in [4.78, 5) is 28.8. The molecular formula is C21H22N4O2S. The molecule has 1 aromatic carbocycles. The predicted molar refractivity (Wildman–Crippen MR) is 110 cm³/mol. The van der Waals surface area contributed by atoms with Gasteiger partial charge in [-0.1, -0.05) is 17.8 Å². The fourth-order valence-corrected chi connectivity index (χ4v) is 4.12. The van der Waals surface area contributed by atoms with Gasteiger partial charge in [0.2, 0.25) is 5.91 Å². The molecule has 1 aliphatic rings. The molecule has 0 unspecified atom stereocenters. The summed E-state index contributed by atoms with van der Waals surface area (Å²) in [5.74, 6) is -0.421. The van der Waals surface area contributed by atoms with Gasteiger partial charge in [0, 0.05) is 11.4 Å². The number of nitrogens with one attached hydrogen (secondary N) is 2. The summed E-state index contributed by atoms with van der Waals surface area (Å²) in [6.45, 7) is 5.88. The van der Waals surface area contributed by atoms with Gasteiger partial charge in [-0.2, -0.15) is 5.26 Å². The summed E-state index contributed by atoms with van der Waals surface area (Å²) < 4.78 is 0. The lowest BCUT2D eigenvalue weighted by atomic mass is 10.0. The number of benzene rings is 1. The highest BCUT2D eigenvalue weighted by atomic mass is 32.2. The fourth-order valence-electron chi connectivity index (χ4n) is 3.26. The highest BCUT2D eigenvalue weighted by Gasteiger charge is 2.21. The summed E-state index contributed by atoms with van der Waals surface area (Å²) in [5.41, 5.74) is 6.48. The van der Waals surface area contributed by atoms with Crippen LogP contribution in [0.15, 0.2) is 23.2 Å². The van der Waals surface area contributed by atoms with Crippen molar-refractivity contribution in [2.75, 3.05) is 11.1 Å². The molecule has 2 N–H and O–H groups in total. The van der Waals surface area contributed by atoms with Crippen molar-refractivity contribution in [1.29, 1.82) is 5.26 Å². The lowest BCUT2D eigenvalue weighted by Gasteiger charge is -2.11. The Labute approximate surface area is 168 Å². The van der Waals surface area contributed by atoms with E-state index in [2.05, 4.69) is 21.7 Å². The first-order valence-corrected chi connectivity index (χ1v) is 10.1. The molecule has 3 rings (SSSR count). The number of aryl methyl sites for hydroxylation is 3. The van der Waals surface area contributed by atoms with Crippen molar-refractivity contribution < 1.29 is 9.59 Å². The zero-order valence-electron chi connectivity index (χ0n) is 16.2. The van der Waals surface area contributed by atoms with Crippen molar-refractivity contribution in [2.24, 2.45) is 0 Å². The third-order valence-corrected chi connectivity index (χ3v) is 5.91. The molecule has 0 saturated heterocycles. The Kier molecular flexibility index (Phi) is 6.00. The number of rotatable bonds is 4. The standard InChI is InChI=1S/C21H22N4O2S/c1-12-7-8-15(9-13(12)2)23-21(27)25-19(26)11-28-20-17(10-22)14(3)16-5-4-6-18(16)24-20/h7-9H,4-6,11H2,1-3H3,(H2,23,25,26,27). The Hall–Kier alpha value is -2.85. The van der Waals surface area contributed by atoms with Crippen molar-refractivity contribution in [1.82, 2.24) is 10.3 Å². The molecule has 1 heterocycles. The Morgan fingerprint density at radius 1 is 1.21 bits per heavy atom. The largest absolute Gasteiger partial charge is 0.325 e. The van der Waals surface area contributed by atoms with Crippen LogP contribution in [0.3, 0.4) is 0 Å².